The molecular formula is C23H27Cl2N3O6S. The van der Waals surface area contributed by atoms with Gasteiger partial charge in [-0.3, -0.25) is 9.59 Å². The van der Waals surface area contributed by atoms with Crippen LogP contribution in [0.1, 0.15) is 18.4 Å². The first kappa shape index (κ1) is 28.5. The highest BCUT2D eigenvalue weighted by molar-refractivity contribution is 7.98. The zero-order valence-corrected chi connectivity index (χ0v) is 21.4. The van der Waals surface area contributed by atoms with Gasteiger partial charge in [0.1, 0.15) is 12.6 Å². The van der Waals surface area contributed by atoms with Gasteiger partial charge in [0.05, 0.1) is 16.6 Å². The van der Waals surface area contributed by atoms with Crippen molar-refractivity contribution >= 4 is 64.9 Å². The molecule has 3 N–H and O–H groups in total. The van der Waals surface area contributed by atoms with Crippen LogP contribution >= 0.6 is 35.0 Å². The normalized spacial score (nSPS) is 14.9. The third-order valence-corrected chi connectivity index (χ3v) is 7.07. The molecule has 2 rings (SSSR count). The summed E-state index contributed by atoms with van der Waals surface area (Å²) < 4.78 is 4.72. The lowest BCUT2D eigenvalue weighted by molar-refractivity contribution is -0.142. The largest absolute Gasteiger partial charge is 0.480 e. The molecule has 0 aliphatic carbocycles. The molecule has 0 saturated carbocycles. The van der Waals surface area contributed by atoms with Gasteiger partial charge in [-0.05, 0) is 36.8 Å². The fourth-order valence-corrected chi connectivity index (χ4v) is 4.50. The number of ether oxygens (including phenoxy) is 1. The van der Waals surface area contributed by atoms with E-state index < -0.39 is 29.9 Å². The number of carbonyl (C=O) groups excluding carboxylic acids is 3. The van der Waals surface area contributed by atoms with Gasteiger partial charge in [-0.15, -0.1) is 11.8 Å². The van der Waals surface area contributed by atoms with Crippen LogP contribution in [-0.4, -0.2) is 72.4 Å². The molecular weight excluding hydrogens is 517 g/mol. The lowest BCUT2D eigenvalue weighted by Gasteiger charge is -2.31. The number of carbonyl (C=O) groups is 4. The molecule has 35 heavy (non-hydrogen) atoms. The van der Waals surface area contributed by atoms with Crippen LogP contribution < -0.4 is 10.6 Å². The molecule has 3 amide bonds. The Labute approximate surface area is 217 Å². The van der Waals surface area contributed by atoms with Gasteiger partial charge in [0, 0.05) is 30.0 Å². The van der Waals surface area contributed by atoms with Crippen molar-refractivity contribution in [2.24, 2.45) is 5.92 Å². The maximum Gasteiger partial charge on any atom is 0.407 e. The summed E-state index contributed by atoms with van der Waals surface area (Å²) in [5, 5.41) is 14.9. The Morgan fingerprint density at radius 2 is 1.94 bits per heavy atom. The van der Waals surface area contributed by atoms with Crippen LogP contribution in [0, 0.1) is 5.92 Å². The molecule has 0 spiro atoms. The number of hydrogen-bond acceptors (Lipinski definition) is 6. The number of rotatable bonds is 10. The molecule has 0 radical (unpaired) electrons. The Balaban J connectivity index is 1.86. The maximum atomic E-state index is 12.6. The minimum Gasteiger partial charge on any atom is -0.480 e. The minimum absolute atomic E-state index is 0.0203. The number of thioether (sulfide) groups is 1. The number of carboxylic acid groups (broad SMARTS) is 1. The topological polar surface area (TPSA) is 125 Å². The van der Waals surface area contributed by atoms with Crippen LogP contribution in [0.3, 0.4) is 0 Å². The van der Waals surface area contributed by atoms with Gasteiger partial charge in [0.2, 0.25) is 11.8 Å². The van der Waals surface area contributed by atoms with Crippen molar-refractivity contribution in [2.45, 2.75) is 23.8 Å². The summed E-state index contributed by atoms with van der Waals surface area (Å²) >= 11 is 14.0. The van der Waals surface area contributed by atoms with E-state index in [9.17, 15) is 24.3 Å². The lowest BCUT2D eigenvalue weighted by Crippen LogP contribution is -2.51. The predicted octanol–water partition coefficient (Wildman–Crippen LogP) is 3.45. The van der Waals surface area contributed by atoms with E-state index in [-0.39, 0.29) is 19.1 Å². The van der Waals surface area contributed by atoms with Crippen LogP contribution in [0.25, 0.3) is 6.08 Å². The molecule has 1 aromatic carbocycles. The molecule has 1 saturated heterocycles. The third kappa shape index (κ3) is 8.48. The maximum absolute atomic E-state index is 12.6. The Morgan fingerprint density at radius 1 is 1.26 bits per heavy atom. The summed E-state index contributed by atoms with van der Waals surface area (Å²) in [5.41, 5.74) is 0.624. The Hall–Kier alpha value is -2.69. The molecule has 1 heterocycles. The first-order valence-electron chi connectivity index (χ1n) is 10.7. The Morgan fingerprint density at radius 3 is 2.54 bits per heavy atom. The van der Waals surface area contributed by atoms with Crippen molar-refractivity contribution in [3.8, 4) is 0 Å². The van der Waals surface area contributed by atoms with Gasteiger partial charge >= 0.3 is 12.1 Å². The Bertz CT molecular complexity index is 996. The molecule has 0 bridgehead atoms. The average molecular weight is 544 g/mol. The summed E-state index contributed by atoms with van der Waals surface area (Å²) in [6.07, 6.45) is 6.22. The van der Waals surface area contributed by atoms with Crippen molar-refractivity contribution in [1.82, 2.24) is 15.5 Å². The highest BCUT2D eigenvalue weighted by Crippen LogP contribution is 2.35. The quantitative estimate of drug-likeness (QED) is 0.234. The molecule has 1 aliphatic rings. The second kappa shape index (κ2) is 14.0. The average Bonchev–Trinajstić information content (AvgIpc) is 2.85. The zero-order chi connectivity index (χ0) is 26.0. The number of carboxylic acids is 1. The molecule has 9 nitrogen and oxygen atoms in total. The molecule has 1 atom stereocenters. The van der Waals surface area contributed by atoms with E-state index in [2.05, 4.69) is 17.2 Å². The number of amides is 3. The number of halogens is 2. The molecule has 1 aromatic rings. The van der Waals surface area contributed by atoms with Gasteiger partial charge < -0.3 is 25.4 Å². The molecule has 12 heteroatoms. The number of nitrogens with one attached hydrogen (secondary N) is 2. The fraction of sp³-hybridized carbons (Fsp3) is 0.391. The number of alkyl carbamates (subject to hydrolysis) is 1. The second-order valence-electron chi connectivity index (χ2n) is 7.59. The number of hydrogen-bond donors (Lipinski definition) is 3. The standard InChI is InChI=1S/C23H27Cl2N3O6S/c1-3-12-34-23(33)26-13-16(22(31)32)27-21(30)15-8-10-28(11-9-15)18(29)7-5-14-4-6-17(35-2)20(25)19(14)24/h3-7,15-16H,1,8-13H2,2H3,(H,26,33)(H,27,30)(H,31,32)/t16-/m0/s1. The second-order valence-corrected chi connectivity index (χ2v) is 9.19. The van der Waals surface area contributed by atoms with E-state index >= 15 is 0 Å². The number of nitrogens with zero attached hydrogens (tertiary/aromatic N) is 1. The smallest absolute Gasteiger partial charge is 0.407 e. The van der Waals surface area contributed by atoms with Crippen molar-refractivity contribution < 1.29 is 29.0 Å². The van der Waals surface area contributed by atoms with Crippen LogP contribution in [0.2, 0.25) is 10.0 Å². The molecule has 0 unspecified atom stereocenters. The van der Waals surface area contributed by atoms with Gasteiger partial charge in [-0.1, -0.05) is 41.9 Å². The van der Waals surface area contributed by atoms with E-state index in [1.807, 2.05) is 12.3 Å². The van der Waals surface area contributed by atoms with Crippen LogP contribution in [-0.2, 0) is 19.1 Å². The van der Waals surface area contributed by atoms with Crippen molar-refractivity contribution in [3.05, 3.63) is 46.5 Å². The lowest BCUT2D eigenvalue weighted by atomic mass is 9.95. The van der Waals surface area contributed by atoms with E-state index in [4.69, 9.17) is 27.9 Å². The number of aliphatic carboxylic acids is 1. The minimum atomic E-state index is -1.31. The van der Waals surface area contributed by atoms with E-state index in [0.29, 0.717) is 41.5 Å². The summed E-state index contributed by atoms with van der Waals surface area (Å²) in [6.45, 7) is 3.73. The van der Waals surface area contributed by atoms with Crippen LogP contribution in [0.15, 0.2) is 35.8 Å². The van der Waals surface area contributed by atoms with Crippen LogP contribution in [0.5, 0.6) is 0 Å². The van der Waals surface area contributed by atoms with E-state index in [1.54, 1.807) is 17.0 Å². The number of benzene rings is 1. The van der Waals surface area contributed by atoms with Crippen molar-refractivity contribution in [3.63, 3.8) is 0 Å². The predicted molar refractivity (Wildman–Crippen MR) is 136 cm³/mol. The highest BCUT2D eigenvalue weighted by Gasteiger charge is 2.30. The van der Waals surface area contributed by atoms with Crippen molar-refractivity contribution in [2.75, 3.05) is 32.5 Å². The summed E-state index contributed by atoms with van der Waals surface area (Å²) in [4.78, 5) is 50.5. The third-order valence-electron chi connectivity index (χ3n) is 5.28. The zero-order valence-electron chi connectivity index (χ0n) is 19.1. The number of piperidine rings is 1. The van der Waals surface area contributed by atoms with Gasteiger partial charge in [-0.25, -0.2) is 9.59 Å². The first-order valence-corrected chi connectivity index (χ1v) is 12.7. The van der Waals surface area contributed by atoms with Gasteiger partial charge in [-0.2, -0.15) is 0 Å². The van der Waals surface area contributed by atoms with E-state index in [0.717, 1.165) is 4.90 Å². The van der Waals surface area contributed by atoms with Crippen molar-refractivity contribution in [1.29, 1.82) is 0 Å². The summed E-state index contributed by atoms with van der Waals surface area (Å²) in [7, 11) is 0. The van der Waals surface area contributed by atoms with Gasteiger partial charge in [0.15, 0.2) is 0 Å². The van der Waals surface area contributed by atoms with Crippen LogP contribution in [0.4, 0.5) is 4.79 Å². The SMILES string of the molecule is C=CCOC(=O)NC[C@H](NC(=O)C1CCN(C(=O)C=Cc2ccc(SC)c(Cl)c2Cl)CC1)C(=O)O. The summed E-state index contributed by atoms with van der Waals surface area (Å²) in [6, 6.07) is 2.31. The molecule has 0 aromatic heterocycles. The monoisotopic (exact) mass is 543 g/mol. The first-order chi connectivity index (χ1) is 16.7. The fourth-order valence-electron chi connectivity index (χ4n) is 3.32. The molecule has 1 fully saturated rings. The molecule has 1 aliphatic heterocycles. The highest BCUT2D eigenvalue weighted by atomic mass is 35.5. The molecule has 190 valence electrons. The van der Waals surface area contributed by atoms with Gasteiger partial charge in [0.25, 0.3) is 0 Å². The van der Waals surface area contributed by atoms with E-state index in [1.165, 1.54) is 23.9 Å². The Kier molecular flexibility index (Phi) is 11.4. The summed E-state index contributed by atoms with van der Waals surface area (Å²) in [5.74, 6) is -2.42. The number of likely N-dealkylation sites (tertiary alicyclic amines) is 1.